The fraction of sp³-hybridized carbons (Fsp3) is 0.273. The molecule has 1 rings (SSSR count). The Morgan fingerprint density at radius 2 is 2.14 bits per heavy atom. The van der Waals surface area contributed by atoms with Gasteiger partial charge in [0.15, 0.2) is 0 Å². The molecule has 0 bridgehead atoms. The molecule has 0 atom stereocenters. The van der Waals surface area contributed by atoms with Gasteiger partial charge in [-0.3, -0.25) is 4.90 Å². The third kappa shape index (κ3) is 1.87. The molecule has 1 aromatic rings. The minimum atomic E-state index is -0.388. The van der Waals surface area contributed by atoms with Crippen LogP contribution in [0.15, 0.2) is 18.2 Å². The van der Waals surface area contributed by atoms with E-state index >= 15 is 0 Å². The van der Waals surface area contributed by atoms with Crippen molar-refractivity contribution < 1.29 is 9.53 Å². The lowest BCUT2D eigenvalue weighted by Crippen LogP contribution is -2.26. The lowest BCUT2D eigenvalue weighted by Gasteiger charge is -2.18. The van der Waals surface area contributed by atoms with Crippen molar-refractivity contribution in [3.05, 3.63) is 36.2 Å². The second kappa shape index (κ2) is 4.13. The van der Waals surface area contributed by atoms with E-state index in [1.165, 1.54) is 12.0 Å². The molecule has 0 aliphatic heterocycles. The highest BCUT2D eigenvalue weighted by Crippen LogP contribution is 2.21. The number of hydrogen-bond acceptors (Lipinski definition) is 2. The van der Waals surface area contributed by atoms with E-state index in [0.717, 1.165) is 16.8 Å². The lowest BCUT2D eigenvalue weighted by atomic mass is 10.1. The van der Waals surface area contributed by atoms with Gasteiger partial charge in [-0.1, -0.05) is 12.1 Å². The van der Waals surface area contributed by atoms with E-state index < -0.39 is 0 Å². The summed E-state index contributed by atoms with van der Waals surface area (Å²) in [5.41, 5.74) is 2.68. The lowest BCUT2D eigenvalue weighted by molar-refractivity contribution is 0.180. The molecule has 1 radical (unpaired) electrons. The Kier molecular flexibility index (Phi) is 3.12. The summed E-state index contributed by atoms with van der Waals surface area (Å²) in [4.78, 5) is 12.7. The normalized spacial score (nSPS) is 9.71. The number of benzene rings is 1. The summed E-state index contributed by atoms with van der Waals surface area (Å²) >= 11 is 0. The standard InChI is InChI=1S/C11H14NO2/c1-8-6-5-7-10(9(8)2)12(3)11(13)14-4/h5-7H,2H2,1,3-4H3. The zero-order valence-electron chi connectivity index (χ0n) is 8.70. The Labute approximate surface area is 84.3 Å². The molecule has 0 heterocycles. The third-order valence-corrected chi connectivity index (χ3v) is 2.20. The van der Waals surface area contributed by atoms with Gasteiger partial charge < -0.3 is 4.74 Å². The SMILES string of the molecule is [CH2]c1c(C)cccc1N(C)C(=O)OC. The smallest absolute Gasteiger partial charge is 0.413 e. The van der Waals surface area contributed by atoms with E-state index in [-0.39, 0.29) is 6.09 Å². The maximum Gasteiger partial charge on any atom is 0.413 e. The Bertz CT molecular complexity index is 347. The number of rotatable bonds is 1. The number of carbonyl (C=O) groups excluding carboxylic acids is 1. The van der Waals surface area contributed by atoms with Crippen LogP contribution < -0.4 is 4.90 Å². The predicted molar refractivity (Wildman–Crippen MR) is 56.4 cm³/mol. The van der Waals surface area contributed by atoms with Crippen molar-refractivity contribution in [2.75, 3.05) is 19.1 Å². The van der Waals surface area contributed by atoms with Crippen LogP contribution in [0, 0.1) is 13.8 Å². The van der Waals surface area contributed by atoms with Crippen molar-refractivity contribution in [3.63, 3.8) is 0 Å². The molecular weight excluding hydrogens is 178 g/mol. The van der Waals surface area contributed by atoms with Crippen LogP contribution in [0.4, 0.5) is 10.5 Å². The van der Waals surface area contributed by atoms with Gasteiger partial charge in [0.2, 0.25) is 0 Å². The maximum atomic E-state index is 11.3. The van der Waals surface area contributed by atoms with Gasteiger partial charge >= 0.3 is 6.09 Å². The molecule has 0 N–H and O–H groups in total. The molecule has 75 valence electrons. The first-order valence-corrected chi connectivity index (χ1v) is 4.31. The fourth-order valence-electron chi connectivity index (χ4n) is 1.24. The summed E-state index contributed by atoms with van der Waals surface area (Å²) in [6.45, 7) is 5.86. The highest BCUT2D eigenvalue weighted by atomic mass is 16.5. The van der Waals surface area contributed by atoms with Gasteiger partial charge in [0.05, 0.1) is 12.8 Å². The second-order valence-corrected chi connectivity index (χ2v) is 3.10. The number of aryl methyl sites for hydroxylation is 1. The molecular formula is C11H14NO2. The summed E-state index contributed by atoms with van der Waals surface area (Å²) in [6.07, 6.45) is -0.388. The average molecular weight is 192 g/mol. The molecule has 0 saturated carbocycles. The highest BCUT2D eigenvalue weighted by Gasteiger charge is 2.13. The van der Waals surface area contributed by atoms with Crippen LogP contribution in [0.5, 0.6) is 0 Å². The summed E-state index contributed by atoms with van der Waals surface area (Å²) in [5, 5.41) is 0. The average Bonchev–Trinajstić information content (AvgIpc) is 2.20. The number of hydrogen-bond donors (Lipinski definition) is 0. The van der Waals surface area contributed by atoms with Crippen molar-refractivity contribution in [3.8, 4) is 0 Å². The number of anilines is 1. The van der Waals surface area contributed by atoms with Crippen LogP contribution in [0.2, 0.25) is 0 Å². The van der Waals surface area contributed by atoms with Crippen LogP contribution in [-0.4, -0.2) is 20.3 Å². The molecule has 3 nitrogen and oxygen atoms in total. The molecule has 0 aromatic heterocycles. The van der Waals surface area contributed by atoms with Gasteiger partial charge in [-0.05, 0) is 31.0 Å². The van der Waals surface area contributed by atoms with E-state index in [0.29, 0.717) is 0 Å². The molecule has 1 aromatic carbocycles. The van der Waals surface area contributed by atoms with Crippen LogP contribution in [0.3, 0.4) is 0 Å². The van der Waals surface area contributed by atoms with Crippen molar-refractivity contribution in [1.29, 1.82) is 0 Å². The molecule has 0 aliphatic rings. The number of amides is 1. The topological polar surface area (TPSA) is 29.5 Å². The molecule has 0 fully saturated rings. The van der Waals surface area contributed by atoms with Gasteiger partial charge in [-0.2, -0.15) is 0 Å². The van der Waals surface area contributed by atoms with E-state index in [1.807, 2.05) is 25.1 Å². The predicted octanol–water partition coefficient (Wildman–Crippen LogP) is 2.38. The monoisotopic (exact) mass is 192 g/mol. The number of nitrogens with zero attached hydrogens (tertiary/aromatic N) is 1. The first kappa shape index (κ1) is 10.6. The minimum Gasteiger partial charge on any atom is -0.452 e. The Hall–Kier alpha value is -1.51. The van der Waals surface area contributed by atoms with Crippen molar-refractivity contribution in [2.24, 2.45) is 0 Å². The molecule has 1 amide bonds. The fourth-order valence-corrected chi connectivity index (χ4v) is 1.24. The summed E-state index contributed by atoms with van der Waals surface area (Å²) in [7, 11) is 3.02. The molecule has 14 heavy (non-hydrogen) atoms. The summed E-state index contributed by atoms with van der Waals surface area (Å²) in [5.74, 6) is 0. The van der Waals surface area contributed by atoms with E-state index in [2.05, 4.69) is 11.7 Å². The zero-order chi connectivity index (χ0) is 10.7. The summed E-state index contributed by atoms with van der Waals surface area (Å²) in [6, 6.07) is 5.68. The van der Waals surface area contributed by atoms with Gasteiger partial charge in [0.1, 0.15) is 0 Å². The molecule has 0 aliphatic carbocycles. The quantitative estimate of drug-likeness (QED) is 0.683. The van der Waals surface area contributed by atoms with Gasteiger partial charge in [0, 0.05) is 7.05 Å². The van der Waals surface area contributed by atoms with Crippen LogP contribution in [0.25, 0.3) is 0 Å². The Morgan fingerprint density at radius 1 is 1.50 bits per heavy atom. The van der Waals surface area contributed by atoms with E-state index in [4.69, 9.17) is 0 Å². The zero-order valence-corrected chi connectivity index (χ0v) is 8.70. The molecule has 0 saturated heterocycles. The number of methoxy groups -OCH3 is 1. The first-order chi connectivity index (χ1) is 6.57. The number of carbonyl (C=O) groups is 1. The van der Waals surface area contributed by atoms with Gasteiger partial charge in [0.25, 0.3) is 0 Å². The van der Waals surface area contributed by atoms with Crippen LogP contribution in [0.1, 0.15) is 11.1 Å². The minimum absolute atomic E-state index is 0.388. The largest absolute Gasteiger partial charge is 0.452 e. The maximum absolute atomic E-state index is 11.3. The van der Waals surface area contributed by atoms with Crippen LogP contribution in [-0.2, 0) is 4.74 Å². The third-order valence-electron chi connectivity index (χ3n) is 2.20. The Balaban J connectivity index is 3.07. The van der Waals surface area contributed by atoms with Crippen molar-refractivity contribution in [1.82, 2.24) is 0 Å². The van der Waals surface area contributed by atoms with Gasteiger partial charge in [-0.15, -0.1) is 0 Å². The Morgan fingerprint density at radius 3 is 2.71 bits per heavy atom. The van der Waals surface area contributed by atoms with Crippen LogP contribution >= 0.6 is 0 Å². The summed E-state index contributed by atoms with van der Waals surface area (Å²) < 4.78 is 4.62. The number of ether oxygens (including phenoxy) is 1. The first-order valence-electron chi connectivity index (χ1n) is 4.31. The van der Waals surface area contributed by atoms with Crippen molar-refractivity contribution in [2.45, 2.75) is 6.92 Å². The van der Waals surface area contributed by atoms with E-state index in [9.17, 15) is 4.79 Å². The van der Waals surface area contributed by atoms with Crippen molar-refractivity contribution >= 4 is 11.8 Å². The molecule has 3 heteroatoms. The molecule has 0 unspecified atom stereocenters. The molecule has 0 spiro atoms. The van der Waals surface area contributed by atoms with Gasteiger partial charge in [-0.25, -0.2) is 4.79 Å². The second-order valence-electron chi connectivity index (χ2n) is 3.10. The highest BCUT2D eigenvalue weighted by molar-refractivity contribution is 5.88. The van der Waals surface area contributed by atoms with E-state index in [1.54, 1.807) is 7.05 Å².